The lowest BCUT2D eigenvalue weighted by molar-refractivity contribution is 0.400. The third-order valence-corrected chi connectivity index (χ3v) is 5.67. The van der Waals surface area contributed by atoms with E-state index in [1.807, 2.05) is 14.0 Å². The molecule has 0 spiro atoms. The molecule has 1 aliphatic heterocycles. The highest BCUT2D eigenvalue weighted by Gasteiger charge is 2.25. The minimum Gasteiger partial charge on any atom is -0.356 e. The highest BCUT2D eigenvalue weighted by atomic mass is 127. The molecule has 1 atom stereocenters. The molecule has 1 N–H and O–H groups in total. The zero-order valence-electron chi connectivity index (χ0n) is 15.8. The van der Waals surface area contributed by atoms with Crippen LogP contribution in [0.25, 0.3) is 0 Å². The maximum atomic E-state index is 11.6. The van der Waals surface area contributed by atoms with Crippen LogP contribution < -0.4 is 5.32 Å². The molecule has 0 radical (unpaired) electrons. The van der Waals surface area contributed by atoms with Crippen LogP contribution in [0.4, 0.5) is 0 Å². The number of nitrogens with one attached hydrogen (secondary N) is 1. The smallest absolute Gasteiger partial charge is 0.211 e. The lowest BCUT2D eigenvalue weighted by Gasteiger charge is -2.23. The molecule has 6 nitrogen and oxygen atoms in total. The van der Waals surface area contributed by atoms with Crippen molar-refractivity contribution in [2.75, 3.05) is 46.0 Å². The van der Waals surface area contributed by atoms with Gasteiger partial charge >= 0.3 is 0 Å². The minimum atomic E-state index is -3.09. The summed E-state index contributed by atoms with van der Waals surface area (Å²) in [6, 6.07) is 0. The number of hydrogen-bond acceptors (Lipinski definition) is 3. The monoisotopic (exact) mass is 474 g/mol. The first-order valence-electron chi connectivity index (χ1n) is 8.68. The van der Waals surface area contributed by atoms with E-state index in [9.17, 15) is 8.42 Å². The summed E-state index contributed by atoms with van der Waals surface area (Å²) in [6.07, 6.45) is 4.55. The number of sulfonamides is 1. The van der Waals surface area contributed by atoms with Crippen molar-refractivity contribution in [2.24, 2.45) is 16.8 Å². The van der Waals surface area contributed by atoms with Crippen molar-refractivity contribution < 1.29 is 8.42 Å². The highest BCUT2D eigenvalue weighted by Crippen LogP contribution is 2.23. The van der Waals surface area contributed by atoms with Crippen molar-refractivity contribution in [1.82, 2.24) is 14.5 Å². The van der Waals surface area contributed by atoms with Gasteiger partial charge in [0.05, 0.1) is 6.26 Å². The average Bonchev–Trinajstić information content (AvgIpc) is 2.89. The van der Waals surface area contributed by atoms with Gasteiger partial charge < -0.3 is 10.2 Å². The molecule has 0 aliphatic carbocycles. The van der Waals surface area contributed by atoms with E-state index < -0.39 is 10.0 Å². The van der Waals surface area contributed by atoms with E-state index in [0.29, 0.717) is 13.1 Å². The Bertz CT molecular complexity index is 482. The molecule has 144 valence electrons. The normalized spacial score (nSPS) is 19.0. The zero-order valence-corrected chi connectivity index (χ0v) is 18.9. The first-order valence-corrected chi connectivity index (χ1v) is 10.5. The standard InChI is InChI=1S/C16H34N4O2S.HI/c1-6-20(23(5,21)22)10-7-9-18-16(17-4)19-11-8-15(13-19)12-14(2)3;/h14-15H,6-13H2,1-5H3,(H,17,18);1H. The van der Waals surface area contributed by atoms with Crippen molar-refractivity contribution in [3.63, 3.8) is 0 Å². The Hall–Kier alpha value is -0.0900. The van der Waals surface area contributed by atoms with Crippen molar-refractivity contribution in [1.29, 1.82) is 0 Å². The van der Waals surface area contributed by atoms with E-state index in [2.05, 4.69) is 29.1 Å². The Balaban J connectivity index is 0.00000529. The summed E-state index contributed by atoms with van der Waals surface area (Å²) in [4.78, 5) is 6.69. The van der Waals surface area contributed by atoms with Crippen molar-refractivity contribution in [2.45, 2.75) is 40.0 Å². The van der Waals surface area contributed by atoms with E-state index >= 15 is 0 Å². The second-order valence-corrected chi connectivity index (χ2v) is 8.79. The molecule has 1 fully saturated rings. The quantitative estimate of drug-likeness (QED) is 0.254. The van der Waals surface area contributed by atoms with Gasteiger partial charge in [-0.05, 0) is 31.1 Å². The minimum absolute atomic E-state index is 0. The maximum absolute atomic E-state index is 11.6. The molecule has 1 aliphatic rings. The van der Waals surface area contributed by atoms with E-state index in [0.717, 1.165) is 43.9 Å². The number of guanidine groups is 1. The van der Waals surface area contributed by atoms with Crippen LogP contribution >= 0.6 is 24.0 Å². The number of aliphatic imine (C=N–C) groups is 1. The fourth-order valence-electron chi connectivity index (χ4n) is 3.23. The van der Waals surface area contributed by atoms with Crippen LogP contribution in [0, 0.1) is 11.8 Å². The summed E-state index contributed by atoms with van der Waals surface area (Å²) in [5, 5.41) is 3.37. The zero-order chi connectivity index (χ0) is 17.5. The van der Waals surface area contributed by atoms with Crippen LogP contribution in [0.15, 0.2) is 4.99 Å². The summed E-state index contributed by atoms with van der Waals surface area (Å²) in [5.74, 6) is 2.44. The molecule has 1 unspecified atom stereocenters. The van der Waals surface area contributed by atoms with Gasteiger partial charge in [0.15, 0.2) is 5.96 Å². The third-order valence-electron chi connectivity index (χ3n) is 4.29. The average molecular weight is 474 g/mol. The molecule has 1 saturated heterocycles. The van der Waals surface area contributed by atoms with Crippen LogP contribution in [0.2, 0.25) is 0 Å². The molecule has 24 heavy (non-hydrogen) atoms. The number of nitrogens with zero attached hydrogens (tertiary/aromatic N) is 3. The molecule has 0 aromatic heterocycles. The second kappa shape index (κ2) is 11.5. The molecule has 0 bridgehead atoms. The lowest BCUT2D eigenvalue weighted by atomic mass is 9.97. The molecular weight excluding hydrogens is 439 g/mol. The van der Waals surface area contributed by atoms with Crippen molar-refractivity contribution in [3.8, 4) is 0 Å². The fraction of sp³-hybridized carbons (Fsp3) is 0.938. The van der Waals surface area contributed by atoms with Crippen molar-refractivity contribution in [3.05, 3.63) is 0 Å². The van der Waals surface area contributed by atoms with Gasteiger partial charge in [-0.15, -0.1) is 24.0 Å². The molecule has 8 heteroatoms. The second-order valence-electron chi connectivity index (χ2n) is 6.81. The highest BCUT2D eigenvalue weighted by molar-refractivity contribution is 14.0. The van der Waals surface area contributed by atoms with Crippen LogP contribution in [-0.2, 0) is 10.0 Å². The predicted octanol–water partition coefficient (Wildman–Crippen LogP) is 2.22. The first-order chi connectivity index (χ1) is 10.8. The number of likely N-dealkylation sites (tertiary alicyclic amines) is 1. The Morgan fingerprint density at radius 1 is 1.42 bits per heavy atom. The van der Waals surface area contributed by atoms with E-state index in [-0.39, 0.29) is 24.0 Å². The molecule has 0 aromatic rings. The van der Waals surface area contributed by atoms with Crippen molar-refractivity contribution >= 4 is 40.0 Å². The Labute approximate surface area is 165 Å². The third kappa shape index (κ3) is 8.33. The molecule has 0 aromatic carbocycles. The van der Waals surface area contributed by atoms with E-state index in [1.54, 1.807) is 0 Å². The largest absolute Gasteiger partial charge is 0.356 e. The fourth-order valence-corrected chi connectivity index (χ4v) is 4.16. The summed E-state index contributed by atoms with van der Waals surface area (Å²) in [6.45, 7) is 10.4. The summed E-state index contributed by atoms with van der Waals surface area (Å²) >= 11 is 0. The van der Waals surface area contributed by atoms with E-state index in [1.165, 1.54) is 23.4 Å². The maximum Gasteiger partial charge on any atom is 0.211 e. The summed E-state index contributed by atoms with van der Waals surface area (Å²) < 4.78 is 24.6. The summed E-state index contributed by atoms with van der Waals surface area (Å²) in [7, 11) is -1.28. The van der Waals surface area contributed by atoms with Gasteiger partial charge in [-0.25, -0.2) is 12.7 Å². The van der Waals surface area contributed by atoms with Crippen LogP contribution in [-0.4, -0.2) is 69.6 Å². The molecule has 0 amide bonds. The number of hydrogen-bond donors (Lipinski definition) is 1. The molecule has 0 saturated carbocycles. The van der Waals surface area contributed by atoms with Gasteiger partial charge in [0, 0.05) is 39.8 Å². The van der Waals surface area contributed by atoms with Gasteiger partial charge in [-0.2, -0.15) is 0 Å². The number of rotatable bonds is 8. The van der Waals surface area contributed by atoms with Gasteiger partial charge in [0.1, 0.15) is 0 Å². The predicted molar refractivity (Wildman–Crippen MR) is 113 cm³/mol. The van der Waals surface area contributed by atoms with Crippen LogP contribution in [0.5, 0.6) is 0 Å². The van der Waals surface area contributed by atoms with Gasteiger partial charge in [-0.1, -0.05) is 20.8 Å². The Morgan fingerprint density at radius 3 is 2.58 bits per heavy atom. The lowest BCUT2D eigenvalue weighted by Crippen LogP contribution is -2.41. The molecular formula is C16H35IN4O2S. The summed E-state index contributed by atoms with van der Waals surface area (Å²) in [5.41, 5.74) is 0. The SMILES string of the molecule is CCN(CCCNC(=NC)N1CCC(CC(C)C)C1)S(C)(=O)=O.I. The number of halogens is 1. The van der Waals surface area contributed by atoms with Crippen LogP contribution in [0.1, 0.15) is 40.0 Å². The Morgan fingerprint density at radius 2 is 2.08 bits per heavy atom. The van der Waals surface area contributed by atoms with Gasteiger partial charge in [-0.3, -0.25) is 4.99 Å². The van der Waals surface area contributed by atoms with E-state index in [4.69, 9.17) is 0 Å². The topological polar surface area (TPSA) is 65.0 Å². The Kier molecular flexibility index (Phi) is 11.5. The molecule has 1 heterocycles. The van der Waals surface area contributed by atoms with Gasteiger partial charge in [0.2, 0.25) is 10.0 Å². The van der Waals surface area contributed by atoms with Crippen LogP contribution in [0.3, 0.4) is 0 Å². The van der Waals surface area contributed by atoms with Gasteiger partial charge in [0.25, 0.3) is 0 Å². The molecule has 1 rings (SSSR count). The first kappa shape index (κ1) is 23.9.